The summed E-state index contributed by atoms with van der Waals surface area (Å²) in [7, 11) is 1.81. The van der Waals surface area contributed by atoms with E-state index in [1.807, 2.05) is 139 Å². The van der Waals surface area contributed by atoms with Gasteiger partial charge in [0, 0.05) is 53.6 Å². The molecule has 0 spiro atoms. The van der Waals surface area contributed by atoms with Crippen LogP contribution in [0, 0.1) is 0 Å². The minimum absolute atomic E-state index is 0.0925. The molecule has 3 aromatic carbocycles. The normalized spacial score (nSPS) is 7.95. The average molecular weight is 598 g/mol. The molecule has 0 unspecified atom stereocenters. The van der Waals surface area contributed by atoms with E-state index >= 15 is 0 Å². The molecule has 6 nitrogen and oxygen atoms in total. The minimum Gasteiger partial charge on any atom is -0.398 e. The Balaban J connectivity index is -0.000000146. The fourth-order valence-corrected chi connectivity index (χ4v) is 2.89. The Bertz CT molecular complexity index is 1020. The van der Waals surface area contributed by atoms with E-state index in [1.54, 1.807) is 31.2 Å². The van der Waals surface area contributed by atoms with Crippen LogP contribution in [-0.4, -0.2) is 24.4 Å². The summed E-state index contributed by atoms with van der Waals surface area (Å²) in [5.74, 6) is 0.293. The number of para-hydroxylation sites is 3. The van der Waals surface area contributed by atoms with Gasteiger partial charge in [0.1, 0.15) is 0 Å². The summed E-state index contributed by atoms with van der Waals surface area (Å²) in [6.45, 7) is 25.2. The van der Waals surface area contributed by atoms with Gasteiger partial charge in [-0.2, -0.15) is 0 Å². The number of Topliss-reactive ketones (excluding diaryl/α,β-unsaturated/α-hetero) is 3. The quantitative estimate of drug-likeness (QED) is 0.192. The van der Waals surface area contributed by atoms with Crippen molar-refractivity contribution in [2.24, 2.45) is 0 Å². The number of rotatable bonds is 6. The van der Waals surface area contributed by atoms with Crippen LogP contribution in [0.15, 0.2) is 72.8 Å². The highest BCUT2D eigenvalue weighted by molar-refractivity contribution is 6.01. The molecule has 0 fully saturated rings. The first-order valence-corrected chi connectivity index (χ1v) is 15.8. The summed E-state index contributed by atoms with van der Waals surface area (Å²) in [6.07, 6.45) is 1.02. The van der Waals surface area contributed by atoms with Gasteiger partial charge in [-0.15, -0.1) is 0 Å². The lowest BCUT2D eigenvalue weighted by Crippen LogP contribution is -2.01. The van der Waals surface area contributed by atoms with Gasteiger partial charge >= 0.3 is 0 Å². The second-order valence-electron chi connectivity index (χ2n) is 7.08. The first kappa shape index (κ1) is 48.8. The van der Waals surface area contributed by atoms with Gasteiger partial charge in [0.25, 0.3) is 0 Å². The number of nitrogen functional groups attached to an aromatic ring is 2. The first-order valence-electron chi connectivity index (χ1n) is 15.8. The van der Waals surface area contributed by atoms with Crippen LogP contribution >= 0.6 is 0 Å². The first-order chi connectivity index (χ1) is 20.8. The van der Waals surface area contributed by atoms with Crippen molar-refractivity contribution in [3.63, 3.8) is 0 Å². The maximum absolute atomic E-state index is 11.2. The molecule has 0 aliphatic rings. The molecule has 0 radical (unpaired) electrons. The molecule has 0 saturated heterocycles. The number of ketones is 3. The second-order valence-corrected chi connectivity index (χ2v) is 7.08. The standard InChI is InChI=1S/3C9H11NO.5C2H6/c1-7(11)8-5-3-4-6-9(8)10-2;2*1-2-9(11)7-5-3-4-6-8(7)10;5*1-2/h3-6,10H,1-2H3;2*3-6H,2,10H2,1H3;5*1-2H3. The topological polar surface area (TPSA) is 115 Å². The zero-order chi connectivity index (χ0) is 34.8. The van der Waals surface area contributed by atoms with Crippen molar-refractivity contribution in [2.75, 3.05) is 23.8 Å². The number of benzene rings is 3. The Hall–Kier alpha value is -3.93. The van der Waals surface area contributed by atoms with Crippen molar-refractivity contribution >= 4 is 34.4 Å². The zero-order valence-corrected chi connectivity index (χ0v) is 29.7. The van der Waals surface area contributed by atoms with Gasteiger partial charge in [0.2, 0.25) is 0 Å². The van der Waals surface area contributed by atoms with E-state index in [0.717, 1.165) is 11.3 Å². The van der Waals surface area contributed by atoms with Crippen molar-refractivity contribution in [1.82, 2.24) is 0 Å². The van der Waals surface area contributed by atoms with Crippen molar-refractivity contribution in [3.8, 4) is 0 Å². The number of carbonyl (C=O) groups excluding carboxylic acids is 3. The molecule has 0 aliphatic heterocycles. The maximum Gasteiger partial charge on any atom is 0.164 e. The van der Waals surface area contributed by atoms with Crippen molar-refractivity contribution in [3.05, 3.63) is 89.5 Å². The highest BCUT2D eigenvalue weighted by atomic mass is 16.1. The Labute approximate surface area is 264 Å². The molecule has 0 aliphatic carbocycles. The predicted octanol–water partition coefficient (Wildman–Crippen LogP) is 10.8. The lowest BCUT2D eigenvalue weighted by Gasteiger charge is -2.03. The minimum atomic E-state index is 0.0925. The van der Waals surface area contributed by atoms with Crippen LogP contribution in [0.1, 0.15) is 134 Å². The molecule has 43 heavy (non-hydrogen) atoms. The summed E-state index contributed by atoms with van der Waals surface area (Å²) in [4.78, 5) is 33.3. The van der Waals surface area contributed by atoms with E-state index in [2.05, 4.69) is 5.32 Å². The molecule has 0 atom stereocenters. The predicted molar refractivity (Wildman–Crippen MR) is 194 cm³/mol. The van der Waals surface area contributed by atoms with Gasteiger partial charge < -0.3 is 16.8 Å². The molecule has 3 rings (SSSR count). The molecule has 0 amide bonds. The number of hydrogen-bond donors (Lipinski definition) is 3. The molecule has 0 heterocycles. The Morgan fingerprint density at radius 2 is 0.814 bits per heavy atom. The smallest absolute Gasteiger partial charge is 0.164 e. The van der Waals surface area contributed by atoms with Crippen molar-refractivity contribution in [2.45, 2.75) is 103 Å². The van der Waals surface area contributed by atoms with E-state index in [1.165, 1.54) is 0 Å². The lowest BCUT2D eigenvalue weighted by molar-refractivity contribution is 0.0981. The lowest BCUT2D eigenvalue weighted by atomic mass is 10.1. The number of nitrogens with one attached hydrogen (secondary N) is 1. The van der Waals surface area contributed by atoms with Crippen LogP contribution in [0.5, 0.6) is 0 Å². The van der Waals surface area contributed by atoms with E-state index in [9.17, 15) is 14.4 Å². The highest BCUT2D eigenvalue weighted by Gasteiger charge is 2.05. The SMILES string of the molecule is CC.CC.CC.CC.CC.CCC(=O)c1ccccc1N.CCC(=O)c1ccccc1N.CNc1ccccc1C(C)=O. The molecular weight excluding hydrogens is 534 g/mol. The molecule has 5 N–H and O–H groups in total. The van der Waals surface area contributed by atoms with E-state index in [0.29, 0.717) is 35.3 Å². The summed E-state index contributed by atoms with van der Waals surface area (Å²) in [5, 5.41) is 2.96. The molecular formula is C37H63N3O3. The highest BCUT2D eigenvalue weighted by Crippen LogP contribution is 2.14. The monoisotopic (exact) mass is 597 g/mol. The fraction of sp³-hybridized carbons (Fsp3) is 0.432. The summed E-state index contributed by atoms with van der Waals surface area (Å²) < 4.78 is 0. The Kier molecular flexibility index (Phi) is 41.0. The number of carbonyl (C=O) groups is 3. The maximum atomic E-state index is 11.2. The third kappa shape index (κ3) is 22.4. The zero-order valence-electron chi connectivity index (χ0n) is 29.7. The van der Waals surface area contributed by atoms with Crippen molar-refractivity contribution < 1.29 is 14.4 Å². The van der Waals surface area contributed by atoms with E-state index < -0.39 is 0 Å². The van der Waals surface area contributed by atoms with Crippen LogP contribution in [0.25, 0.3) is 0 Å². The van der Waals surface area contributed by atoms with E-state index in [4.69, 9.17) is 11.5 Å². The summed E-state index contributed by atoms with van der Waals surface area (Å²) >= 11 is 0. The third-order valence-electron chi connectivity index (χ3n) is 4.74. The van der Waals surface area contributed by atoms with Gasteiger partial charge in [-0.1, -0.05) is 119 Å². The average Bonchev–Trinajstić information content (AvgIpc) is 3.09. The van der Waals surface area contributed by atoms with Gasteiger partial charge in [-0.05, 0) is 43.3 Å². The third-order valence-corrected chi connectivity index (χ3v) is 4.74. The van der Waals surface area contributed by atoms with E-state index in [-0.39, 0.29) is 17.3 Å². The van der Waals surface area contributed by atoms with Gasteiger partial charge in [-0.25, -0.2) is 0 Å². The fourth-order valence-electron chi connectivity index (χ4n) is 2.89. The van der Waals surface area contributed by atoms with Gasteiger partial charge in [0.05, 0.1) is 0 Å². The number of anilines is 3. The van der Waals surface area contributed by atoms with Crippen LogP contribution in [-0.2, 0) is 0 Å². The molecule has 244 valence electrons. The van der Waals surface area contributed by atoms with Gasteiger partial charge in [0.15, 0.2) is 17.3 Å². The Morgan fingerprint density at radius 1 is 0.535 bits per heavy atom. The molecule has 0 saturated carbocycles. The van der Waals surface area contributed by atoms with Crippen LogP contribution < -0.4 is 16.8 Å². The number of hydrogen-bond acceptors (Lipinski definition) is 6. The van der Waals surface area contributed by atoms with Gasteiger partial charge in [-0.3, -0.25) is 14.4 Å². The molecule has 0 aromatic heterocycles. The van der Waals surface area contributed by atoms with Crippen LogP contribution in [0.3, 0.4) is 0 Å². The summed E-state index contributed by atoms with van der Waals surface area (Å²) in [5.41, 5.74) is 15.2. The van der Waals surface area contributed by atoms with Crippen molar-refractivity contribution in [1.29, 1.82) is 0 Å². The second kappa shape index (κ2) is 36.1. The Morgan fingerprint density at radius 3 is 1.05 bits per heavy atom. The molecule has 6 heteroatoms. The molecule has 3 aromatic rings. The summed E-state index contributed by atoms with van der Waals surface area (Å²) in [6, 6.07) is 21.7. The largest absolute Gasteiger partial charge is 0.398 e. The van der Waals surface area contributed by atoms with Crippen LogP contribution in [0.2, 0.25) is 0 Å². The number of nitrogens with two attached hydrogens (primary N) is 2. The van der Waals surface area contributed by atoms with Crippen LogP contribution in [0.4, 0.5) is 17.1 Å². The molecule has 0 bridgehead atoms.